The monoisotopic (exact) mass is 570 g/mol. The van der Waals surface area contributed by atoms with Gasteiger partial charge in [-0.3, -0.25) is 24.6 Å². The number of carbonyl (C=O) groups is 4. The first-order valence-corrected chi connectivity index (χ1v) is 12.9. The summed E-state index contributed by atoms with van der Waals surface area (Å²) in [6.07, 6.45) is 1.19. The molecule has 13 nitrogen and oxygen atoms in total. The van der Waals surface area contributed by atoms with Crippen LogP contribution < -0.4 is 16.0 Å². The molecule has 1 saturated carbocycles. The number of nitrogens with two attached hydrogens (primary N) is 1. The second-order valence-electron chi connectivity index (χ2n) is 10.8. The predicted octanol–water partition coefficient (Wildman–Crippen LogP) is 1.15. The van der Waals surface area contributed by atoms with Gasteiger partial charge < -0.3 is 35.8 Å². The molecule has 0 unspecified atom stereocenters. The average molecular weight is 571 g/mol. The zero-order valence-corrected chi connectivity index (χ0v) is 23.2. The average Bonchev–Trinajstić information content (AvgIpc) is 2.87. The number of carbonyl (C=O) groups excluding carboxylic acids is 4. The minimum atomic E-state index is -2.74. The van der Waals surface area contributed by atoms with Crippen molar-refractivity contribution in [2.45, 2.75) is 30.9 Å². The van der Waals surface area contributed by atoms with Gasteiger partial charge in [0.1, 0.15) is 17.1 Å². The van der Waals surface area contributed by atoms with Crippen molar-refractivity contribution < 1.29 is 44.3 Å². The smallest absolute Gasteiger partial charge is 0.411 e. The Morgan fingerprint density at radius 2 is 1.88 bits per heavy atom. The first-order chi connectivity index (χ1) is 19.2. The number of aliphatic hydroxyl groups excluding tert-OH is 2. The van der Waals surface area contributed by atoms with E-state index in [1.165, 1.54) is 25.1 Å². The molecular formula is C28H34N4O9. The molecule has 0 aromatic heterocycles. The Hall–Kier alpha value is -4.36. The SMILES string of the molecule is C=CCCOC(=O)Nc1cc(N(C)C)c2c(c1O)C(O)=C1C(=O)[C@@]3(O)C(O)=C(C(N)=O)C(=O)[C@H](N(C)C)[C@H]3C[C@H]1C2. The molecule has 1 aromatic carbocycles. The van der Waals surface area contributed by atoms with Crippen molar-refractivity contribution in [1.29, 1.82) is 0 Å². The number of amides is 2. The van der Waals surface area contributed by atoms with Crippen molar-refractivity contribution in [2.75, 3.05) is 45.0 Å². The molecule has 0 aliphatic heterocycles. The standard InChI is InChI=1S/C28H34N4O9/c1-6-7-8-41-27(39)30-15-11-16(31(2)3)13-9-12-10-14-20(32(4)5)23(35)19(26(29)38)25(37)28(14,40)24(36)17(12)22(34)18(13)21(15)33/h6,11-12,14,20,33-34,37,40H,1,7-10H2,2-5H3,(H2,29,38)(H,30,39)/t12-,14-,20-,28-/m1/s1. The molecule has 0 radical (unpaired) electrons. The molecule has 3 aliphatic carbocycles. The third kappa shape index (κ3) is 4.50. The lowest BCUT2D eigenvalue weighted by atomic mass is 9.57. The van der Waals surface area contributed by atoms with Gasteiger partial charge in [-0.05, 0) is 50.9 Å². The van der Waals surface area contributed by atoms with Gasteiger partial charge in [0.2, 0.25) is 5.78 Å². The Kier molecular flexibility index (Phi) is 7.63. The molecule has 13 heteroatoms. The number of phenols is 1. The van der Waals surface area contributed by atoms with E-state index in [0.29, 0.717) is 17.7 Å². The molecular weight excluding hydrogens is 536 g/mol. The molecule has 0 bridgehead atoms. The number of Topliss-reactive ketones (excluding diaryl/α,β-unsaturated/α-hetero) is 2. The number of nitrogens with zero attached hydrogens (tertiary/aromatic N) is 2. The molecule has 41 heavy (non-hydrogen) atoms. The molecule has 220 valence electrons. The van der Waals surface area contributed by atoms with Crippen molar-refractivity contribution in [3.8, 4) is 5.75 Å². The van der Waals surface area contributed by atoms with Gasteiger partial charge in [0.05, 0.1) is 23.9 Å². The summed E-state index contributed by atoms with van der Waals surface area (Å²) in [5.74, 6) is -7.52. The maximum Gasteiger partial charge on any atom is 0.411 e. The van der Waals surface area contributed by atoms with Crippen molar-refractivity contribution in [3.63, 3.8) is 0 Å². The summed E-state index contributed by atoms with van der Waals surface area (Å²) < 4.78 is 5.06. The normalized spacial score (nSPS) is 25.4. The van der Waals surface area contributed by atoms with Gasteiger partial charge in [-0.1, -0.05) is 6.08 Å². The van der Waals surface area contributed by atoms with Gasteiger partial charge in [-0.25, -0.2) is 4.79 Å². The minimum Gasteiger partial charge on any atom is -0.508 e. The number of likely N-dealkylation sites (N-methyl/N-ethyl adjacent to an activating group) is 1. The predicted molar refractivity (Wildman–Crippen MR) is 148 cm³/mol. The van der Waals surface area contributed by atoms with Crippen LogP contribution in [-0.2, 0) is 25.5 Å². The van der Waals surface area contributed by atoms with E-state index in [0.717, 1.165) is 0 Å². The Balaban J connectivity index is 1.90. The molecule has 3 aliphatic rings. The van der Waals surface area contributed by atoms with Crippen LogP contribution in [0.1, 0.15) is 24.0 Å². The van der Waals surface area contributed by atoms with Crippen LogP contribution in [0.25, 0.3) is 5.76 Å². The highest BCUT2D eigenvalue weighted by Gasteiger charge is 2.64. The molecule has 1 aromatic rings. The number of rotatable bonds is 7. The Labute approximate surface area is 236 Å². The van der Waals surface area contributed by atoms with Crippen LogP contribution in [0.3, 0.4) is 0 Å². The number of hydrogen-bond donors (Lipinski definition) is 6. The lowest BCUT2D eigenvalue weighted by molar-refractivity contribution is -0.153. The minimum absolute atomic E-state index is 0.0327. The number of primary amides is 1. The summed E-state index contributed by atoms with van der Waals surface area (Å²) in [6.45, 7) is 3.60. The van der Waals surface area contributed by atoms with Gasteiger partial charge in [0.15, 0.2) is 17.1 Å². The van der Waals surface area contributed by atoms with Crippen LogP contribution in [0, 0.1) is 11.8 Å². The van der Waals surface area contributed by atoms with E-state index in [1.807, 2.05) is 0 Å². The second-order valence-corrected chi connectivity index (χ2v) is 10.8. The summed E-state index contributed by atoms with van der Waals surface area (Å²) in [6, 6.07) is 0.329. The lowest BCUT2D eigenvalue weighted by Crippen LogP contribution is -2.65. The lowest BCUT2D eigenvalue weighted by Gasteiger charge is -2.50. The van der Waals surface area contributed by atoms with Crippen molar-refractivity contribution in [2.24, 2.45) is 17.6 Å². The number of fused-ring (bicyclic) bond motifs is 3. The summed E-state index contributed by atoms with van der Waals surface area (Å²) in [7, 11) is 6.51. The number of phenolic OH excluding ortho intramolecular Hbond substituents is 1. The fourth-order valence-electron chi connectivity index (χ4n) is 6.17. The van der Waals surface area contributed by atoms with Gasteiger partial charge in [-0.15, -0.1) is 6.58 Å². The summed E-state index contributed by atoms with van der Waals surface area (Å²) in [5.41, 5.74) is 2.17. The van der Waals surface area contributed by atoms with Crippen LogP contribution in [0.15, 0.2) is 35.6 Å². The van der Waals surface area contributed by atoms with Crippen LogP contribution in [-0.4, -0.2) is 95.3 Å². The van der Waals surface area contributed by atoms with Crippen molar-refractivity contribution >= 4 is 40.7 Å². The molecule has 7 N–H and O–H groups in total. The number of anilines is 2. The molecule has 0 heterocycles. The zero-order chi connectivity index (χ0) is 30.5. The number of aliphatic hydroxyl groups is 3. The highest BCUT2D eigenvalue weighted by Crippen LogP contribution is 2.54. The molecule has 2 amide bonds. The van der Waals surface area contributed by atoms with Crippen LogP contribution in [0.5, 0.6) is 5.75 Å². The summed E-state index contributed by atoms with van der Waals surface area (Å²) >= 11 is 0. The van der Waals surface area contributed by atoms with E-state index < -0.39 is 69.9 Å². The molecule has 0 spiro atoms. The fraction of sp³-hybridized carbons (Fsp3) is 0.429. The number of benzene rings is 1. The number of hydrogen-bond acceptors (Lipinski definition) is 11. The number of ether oxygens (including phenoxy) is 1. The Morgan fingerprint density at radius 3 is 2.44 bits per heavy atom. The van der Waals surface area contributed by atoms with Crippen molar-refractivity contribution in [1.82, 2.24) is 4.90 Å². The Morgan fingerprint density at radius 1 is 1.22 bits per heavy atom. The quantitative estimate of drug-likeness (QED) is 0.119. The highest BCUT2D eigenvalue weighted by molar-refractivity contribution is 6.24. The maximum absolute atomic E-state index is 14.0. The van der Waals surface area contributed by atoms with E-state index >= 15 is 0 Å². The van der Waals surface area contributed by atoms with E-state index in [2.05, 4.69) is 11.9 Å². The van der Waals surface area contributed by atoms with Gasteiger partial charge in [0, 0.05) is 31.3 Å². The first kappa shape index (κ1) is 29.6. The largest absolute Gasteiger partial charge is 0.508 e. The maximum atomic E-state index is 14.0. The Bertz CT molecular complexity index is 1430. The second kappa shape index (κ2) is 10.6. The summed E-state index contributed by atoms with van der Waals surface area (Å²) in [4.78, 5) is 54.8. The van der Waals surface area contributed by atoms with E-state index in [4.69, 9.17) is 10.5 Å². The summed E-state index contributed by atoms with van der Waals surface area (Å²) in [5, 5.41) is 47.8. The van der Waals surface area contributed by atoms with Gasteiger partial charge >= 0.3 is 6.09 Å². The zero-order valence-electron chi connectivity index (χ0n) is 23.2. The third-order valence-electron chi connectivity index (χ3n) is 7.97. The van der Waals surface area contributed by atoms with Crippen LogP contribution in [0.4, 0.5) is 16.2 Å². The van der Waals surface area contributed by atoms with Crippen molar-refractivity contribution in [3.05, 3.63) is 46.8 Å². The molecule has 4 rings (SSSR count). The molecule has 4 atom stereocenters. The topological polar surface area (TPSA) is 203 Å². The fourth-order valence-corrected chi connectivity index (χ4v) is 6.17. The molecule has 0 saturated heterocycles. The van der Waals surface area contributed by atoms with E-state index in [-0.39, 0.29) is 36.3 Å². The van der Waals surface area contributed by atoms with Gasteiger partial charge in [0.25, 0.3) is 5.91 Å². The third-order valence-corrected chi connectivity index (χ3v) is 7.97. The first-order valence-electron chi connectivity index (χ1n) is 12.9. The number of ketones is 2. The molecule has 1 fully saturated rings. The van der Waals surface area contributed by atoms with Crippen LogP contribution >= 0.6 is 0 Å². The van der Waals surface area contributed by atoms with E-state index in [1.54, 1.807) is 25.1 Å². The number of aromatic hydroxyl groups is 1. The van der Waals surface area contributed by atoms with Gasteiger partial charge in [-0.2, -0.15) is 0 Å². The van der Waals surface area contributed by atoms with Crippen LogP contribution in [0.2, 0.25) is 0 Å². The van der Waals surface area contributed by atoms with E-state index in [9.17, 15) is 39.6 Å². The highest BCUT2D eigenvalue weighted by atomic mass is 16.5. The number of nitrogens with one attached hydrogen (secondary N) is 1.